The molecule has 0 aliphatic heterocycles. The molecule has 1 rings (SSSR count). The van der Waals surface area contributed by atoms with Crippen molar-refractivity contribution in [1.82, 2.24) is 10.6 Å². The largest absolute Gasteiger partial charge is 0.338 e. The average molecular weight is 327 g/mol. The number of rotatable bonds is 6. The summed E-state index contributed by atoms with van der Waals surface area (Å²) in [5.41, 5.74) is 1.10. The quantitative estimate of drug-likeness (QED) is 0.754. The Morgan fingerprint density at radius 1 is 1.21 bits per heavy atom. The van der Waals surface area contributed by atoms with E-state index in [-0.39, 0.29) is 12.1 Å². The van der Waals surface area contributed by atoms with Crippen molar-refractivity contribution in [3.63, 3.8) is 0 Å². The molecule has 1 aromatic rings. The van der Waals surface area contributed by atoms with E-state index in [1.807, 2.05) is 31.2 Å². The van der Waals surface area contributed by atoms with Crippen molar-refractivity contribution in [3.05, 3.63) is 34.3 Å². The number of carbonyl (C=O) groups excluding carboxylic acids is 1. The first-order chi connectivity index (χ1) is 8.99. The third-order valence-corrected chi connectivity index (χ3v) is 3.49. The molecule has 1 atom stereocenters. The lowest BCUT2D eigenvalue weighted by atomic mass is 10.1. The Balaban J connectivity index is 2.29. The van der Waals surface area contributed by atoms with Gasteiger partial charge in [0.05, 0.1) is 6.04 Å². The number of halogens is 1. The molecule has 0 aliphatic carbocycles. The highest BCUT2D eigenvalue weighted by molar-refractivity contribution is 9.10. The molecule has 0 unspecified atom stereocenters. The maximum Gasteiger partial charge on any atom is 0.315 e. The van der Waals surface area contributed by atoms with Gasteiger partial charge in [-0.15, -0.1) is 0 Å². The third kappa shape index (κ3) is 6.62. The average Bonchev–Trinajstić information content (AvgIpc) is 2.35. The van der Waals surface area contributed by atoms with Crippen LogP contribution in [0, 0.1) is 5.92 Å². The van der Waals surface area contributed by atoms with E-state index in [4.69, 9.17) is 0 Å². The third-order valence-electron chi connectivity index (χ3n) is 2.96. The first-order valence-corrected chi connectivity index (χ1v) is 7.58. The van der Waals surface area contributed by atoms with Gasteiger partial charge in [0.1, 0.15) is 0 Å². The molecule has 0 saturated heterocycles. The van der Waals surface area contributed by atoms with Gasteiger partial charge in [-0.2, -0.15) is 0 Å². The van der Waals surface area contributed by atoms with E-state index < -0.39 is 0 Å². The molecular formula is C15H23BrN2O. The van der Waals surface area contributed by atoms with Crippen LogP contribution in [0.25, 0.3) is 0 Å². The Kier molecular flexibility index (Phi) is 6.92. The number of hydrogen-bond donors (Lipinski definition) is 2. The summed E-state index contributed by atoms with van der Waals surface area (Å²) in [4.78, 5) is 11.7. The molecule has 0 radical (unpaired) electrons. The second kappa shape index (κ2) is 8.20. The molecule has 106 valence electrons. The second-order valence-electron chi connectivity index (χ2n) is 5.21. The van der Waals surface area contributed by atoms with Crippen LogP contribution in [0.1, 0.15) is 45.2 Å². The molecule has 4 heteroatoms. The molecule has 0 heterocycles. The lowest BCUT2D eigenvalue weighted by Crippen LogP contribution is -2.37. The summed E-state index contributed by atoms with van der Waals surface area (Å²) in [6.07, 6.45) is 2.17. The highest BCUT2D eigenvalue weighted by atomic mass is 79.9. The van der Waals surface area contributed by atoms with Crippen LogP contribution in [-0.2, 0) is 0 Å². The van der Waals surface area contributed by atoms with Crippen LogP contribution in [0.4, 0.5) is 4.79 Å². The predicted octanol–water partition coefficient (Wildman–Crippen LogP) is 4.25. The number of urea groups is 1. The Hall–Kier alpha value is -1.03. The highest BCUT2D eigenvalue weighted by Crippen LogP contribution is 2.16. The van der Waals surface area contributed by atoms with Crippen molar-refractivity contribution >= 4 is 22.0 Å². The normalized spacial score (nSPS) is 12.3. The van der Waals surface area contributed by atoms with E-state index in [1.165, 1.54) is 0 Å². The van der Waals surface area contributed by atoms with Crippen LogP contribution in [0.5, 0.6) is 0 Å². The first-order valence-electron chi connectivity index (χ1n) is 6.79. The van der Waals surface area contributed by atoms with Gasteiger partial charge in [0.25, 0.3) is 0 Å². The molecule has 0 bridgehead atoms. The molecule has 2 amide bonds. The Morgan fingerprint density at radius 2 is 1.84 bits per heavy atom. The van der Waals surface area contributed by atoms with E-state index in [0.29, 0.717) is 5.92 Å². The summed E-state index contributed by atoms with van der Waals surface area (Å²) >= 11 is 3.40. The molecule has 0 spiro atoms. The van der Waals surface area contributed by atoms with Crippen LogP contribution < -0.4 is 10.6 Å². The van der Waals surface area contributed by atoms with Crippen LogP contribution in [-0.4, -0.2) is 12.6 Å². The molecule has 0 aromatic heterocycles. The summed E-state index contributed by atoms with van der Waals surface area (Å²) in [5, 5.41) is 5.83. The number of nitrogens with one attached hydrogen (secondary N) is 2. The van der Waals surface area contributed by atoms with Gasteiger partial charge in [0.15, 0.2) is 0 Å². The molecule has 1 aromatic carbocycles. The van der Waals surface area contributed by atoms with Crippen LogP contribution >= 0.6 is 15.9 Å². The van der Waals surface area contributed by atoms with Gasteiger partial charge in [-0.1, -0.05) is 41.9 Å². The summed E-state index contributed by atoms with van der Waals surface area (Å²) in [6, 6.07) is 7.89. The topological polar surface area (TPSA) is 41.1 Å². The molecule has 19 heavy (non-hydrogen) atoms. The van der Waals surface area contributed by atoms with E-state index in [2.05, 4.69) is 40.4 Å². The number of benzene rings is 1. The monoisotopic (exact) mass is 326 g/mol. The Morgan fingerprint density at radius 3 is 2.42 bits per heavy atom. The van der Waals surface area contributed by atoms with Crippen LogP contribution in [0.3, 0.4) is 0 Å². The zero-order chi connectivity index (χ0) is 14.3. The van der Waals surface area contributed by atoms with Gasteiger partial charge in [-0.3, -0.25) is 0 Å². The minimum Gasteiger partial charge on any atom is -0.338 e. The summed E-state index contributed by atoms with van der Waals surface area (Å²) in [5.74, 6) is 0.687. The second-order valence-corrected chi connectivity index (χ2v) is 6.13. The first kappa shape index (κ1) is 16.0. The fourth-order valence-corrected chi connectivity index (χ4v) is 2.06. The molecule has 0 fully saturated rings. The fraction of sp³-hybridized carbons (Fsp3) is 0.533. The number of hydrogen-bond acceptors (Lipinski definition) is 1. The maximum atomic E-state index is 11.7. The SMILES string of the molecule is CC(C)CCCNC(=O)N[C@@H](C)c1ccc(Br)cc1. The minimum atomic E-state index is -0.0980. The summed E-state index contributed by atoms with van der Waals surface area (Å²) in [7, 11) is 0. The van der Waals surface area contributed by atoms with Crippen LogP contribution in [0.15, 0.2) is 28.7 Å². The zero-order valence-corrected chi connectivity index (χ0v) is 13.5. The fourth-order valence-electron chi connectivity index (χ4n) is 1.79. The van der Waals surface area contributed by atoms with Crippen LogP contribution in [0.2, 0.25) is 0 Å². The number of carbonyl (C=O) groups is 1. The van der Waals surface area contributed by atoms with Gasteiger partial charge in [-0.05, 0) is 43.4 Å². The van der Waals surface area contributed by atoms with Crippen molar-refractivity contribution in [2.24, 2.45) is 5.92 Å². The lowest BCUT2D eigenvalue weighted by molar-refractivity contribution is 0.237. The van der Waals surface area contributed by atoms with E-state index in [1.54, 1.807) is 0 Å². The Labute approximate surface area is 124 Å². The van der Waals surface area contributed by atoms with E-state index in [9.17, 15) is 4.79 Å². The molecule has 0 saturated carbocycles. The van der Waals surface area contributed by atoms with Gasteiger partial charge < -0.3 is 10.6 Å². The van der Waals surface area contributed by atoms with Crippen molar-refractivity contribution in [2.75, 3.05) is 6.54 Å². The Bertz CT molecular complexity index is 390. The van der Waals surface area contributed by atoms with Crippen molar-refractivity contribution < 1.29 is 4.79 Å². The van der Waals surface area contributed by atoms with Gasteiger partial charge in [-0.25, -0.2) is 4.79 Å². The zero-order valence-electron chi connectivity index (χ0n) is 11.9. The minimum absolute atomic E-state index is 0.0122. The predicted molar refractivity (Wildman–Crippen MR) is 83.2 cm³/mol. The van der Waals surface area contributed by atoms with Gasteiger partial charge >= 0.3 is 6.03 Å². The smallest absolute Gasteiger partial charge is 0.315 e. The van der Waals surface area contributed by atoms with Crippen molar-refractivity contribution in [3.8, 4) is 0 Å². The molecule has 2 N–H and O–H groups in total. The molecule has 3 nitrogen and oxygen atoms in total. The summed E-state index contributed by atoms with van der Waals surface area (Å²) < 4.78 is 1.04. The van der Waals surface area contributed by atoms with Gasteiger partial charge in [0, 0.05) is 11.0 Å². The maximum absolute atomic E-state index is 11.7. The molecule has 0 aliphatic rings. The summed E-state index contributed by atoms with van der Waals surface area (Å²) in [6.45, 7) is 7.10. The highest BCUT2D eigenvalue weighted by Gasteiger charge is 2.08. The lowest BCUT2D eigenvalue weighted by Gasteiger charge is -2.15. The van der Waals surface area contributed by atoms with Gasteiger partial charge in [0.2, 0.25) is 0 Å². The van der Waals surface area contributed by atoms with E-state index in [0.717, 1.165) is 29.4 Å². The van der Waals surface area contributed by atoms with Crippen molar-refractivity contribution in [1.29, 1.82) is 0 Å². The van der Waals surface area contributed by atoms with Crippen molar-refractivity contribution in [2.45, 2.75) is 39.7 Å². The number of amides is 2. The van der Waals surface area contributed by atoms with E-state index >= 15 is 0 Å². The molecular weight excluding hydrogens is 304 g/mol. The standard InChI is InChI=1S/C15H23BrN2O/c1-11(2)5-4-10-17-15(19)18-12(3)13-6-8-14(16)9-7-13/h6-9,11-12H,4-5,10H2,1-3H3,(H2,17,18,19)/t12-/m0/s1.